The van der Waals surface area contributed by atoms with Crippen LogP contribution in [0.3, 0.4) is 0 Å². The van der Waals surface area contributed by atoms with Crippen molar-refractivity contribution in [2.24, 2.45) is 0 Å². The van der Waals surface area contributed by atoms with E-state index in [2.05, 4.69) is 21.2 Å². The van der Waals surface area contributed by atoms with E-state index < -0.39 is 11.9 Å². The van der Waals surface area contributed by atoms with Crippen molar-refractivity contribution in [3.8, 4) is 5.75 Å². The first-order valence-corrected chi connectivity index (χ1v) is 13.5. The molecular formula is C30H32BrFN2O3. The van der Waals surface area contributed by atoms with Crippen LogP contribution in [0.15, 0.2) is 83.3 Å². The smallest absolute Gasteiger partial charge is 0.261 e. The molecule has 0 aliphatic heterocycles. The van der Waals surface area contributed by atoms with E-state index in [0.717, 1.165) is 41.3 Å². The summed E-state index contributed by atoms with van der Waals surface area (Å²) in [6.07, 6.45) is 5.61. The van der Waals surface area contributed by atoms with Crippen LogP contribution in [0.4, 0.5) is 4.39 Å². The molecule has 1 aliphatic rings. The highest BCUT2D eigenvalue weighted by Crippen LogP contribution is 2.21. The van der Waals surface area contributed by atoms with Crippen molar-refractivity contribution < 1.29 is 18.7 Å². The van der Waals surface area contributed by atoms with E-state index in [1.165, 1.54) is 18.6 Å². The molecular weight excluding hydrogens is 535 g/mol. The van der Waals surface area contributed by atoms with Crippen LogP contribution in [0.2, 0.25) is 0 Å². The van der Waals surface area contributed by atoms with Gasteiger partial charge in [0, 0.05) is 23.5 Å². The Hall–Kier alpha value is -3.19. The van der Waals surface area contributed by atoms with Gasteiger partial charge in [-0.15, -0.1) is 0 Å². The highest BCUT2D eigenvalue weighted by molar-refractivity contribution is 9.10. The molecule has 1 fully saturated rings. The fourth-order valence-corrected chi connectivity index (χ4v) is 4.93. The molecule has 7 heteroatoms. The van der Waals surface area contributed by atoms with Crippen LogP contribution in [0.25, 0.3) is 0 Å². The molecule has 0 bridgehead atoms. The fraction of sp³-hybridized carbons (Fsp3) is 0.333. The summed E-state index contributed by atoms with van der Waals surface area (Å²) in [6.45, 7) is -0.151. The van der Waals surface area contributed by atoms with Gasteiger partial charge >= 0.3 is 0 Å². The monoisotopic (exact) mass is 566 g/mol. The summed E-state index contributed by atoms with van der Waals surface area (Å²) >= 11 is 3.45. The largest absolute Gasteiger partial charge is 0.481 e. The molecule has 194 valence electrons. The molecule has 0 heterocycles. The van der Waals surface area contributed by atoms with Gasteiger partial charge in [-0.2, -0.15) is 0 Å². The number of hydrogen-bond donors (Lipinski definition) is 1. The summed E-state index contributed by atoms with van der Waals surface area (Å²) in [7, 11) is 0. The van der Waals surface area contributed by atoms with Gasteiger partial charge in [-0.25, -0.2) is 4.39 Å². The van der Waals surface area contributed by atoms with Gasteiger partial charge in [-0.3, -0.25) is 9.59 Å². The molecule has 1 saturated carbocycles. The number of benzene rings is 3. The van der Waals surface area contributed by atoms with Crippen molar-refractivity contribution in [1.29, 1.82) is 0 Å². The van der Waals surface area contributed by atoms with E-state index in [0.29, 0.717) is 6.42 Å². The molecule has 0 aromatic heterocycles. The van der Waals surface area contributed by atoms with Crippen LogP contribution in [-0.2, 0) is 22.6 Å². The second-order valence-corrected chi connectivity index (χ2v) is 10.3. The third-order valence-corrected chi connectivity index (χ3v) is 7.21. The number of rotatable bonds is 10. The zero-order valence-corrected chi connectivity index (χ0v) is 22.3. The average molecular weight is 567 g/mol. The van der Waals surface area contributed by atoms with Gasteiger partial charge in [0.15, 0.2) is 18.2 Å². The highest BCUT2D eigenvalue weighted by atomic mass is 79.9. The SMILES string of the molecule is O=C(NC1CCCCC1)C(Cc1ccccc1)N(Cc1ccc(Br)cc1)C(=O)COc1ccccc1F. The zero-order chi connectivity index (χ0) is 26.0. The third-order valence-electron chi connectivity index (χ3n) is 6.68. The first-order valence-electron chi connectivity index (χ1n) is 12.7. The van der Waals surface area contributed by atoms with Crippen molar-refractivity contribution in [3.05, 3.63) is 100 Å². The minimum atomic E-state index is -0.746. The number of carbonyl (C=O) groups excluding carboxylic acids is 2. The lowest BCUT2D eigenvalue weighted by Gasteiger charge is -2.33. The Bertz CT molecular complexity index is 1170. The molecule has 3 aromatic carbocycles. The quantitative estimate of drug-likeness (QED) is 0.324. The Labute approximate surface area is 226 Å². The van der Waals surface area contributed by atoms with Crippen molar-refractivity contribution in [2.75, 3.05) is 6.61 Å². The van der Waals surface area contributed by atoms with Crippen molar-refractivity contribution >= 4 is 27.7 Å². The Kier molecular flexibility index (Phi) is 9.71. The average Bonchev–Trinajstić information content (AvgIpc) is 2.92. The predicted octanol–water partition coefficient (Wildman–Crippen LogP) is 6.06. The molecule has 0 radical (unpaired) electrons. The van der Waals surface area contributed by atoms with Gasteiger partial charge in [0.2, 0.25) is 5.91 Å². The van der Waals surface area contributed by atoms with Crippen LogP contribution < -0.4 is 10.1 Å². The summed E-state index contributed by atoms with van der Waals surface area (Å²) in [6, 6.07) is 22.7. The highest BCUT2D eigenvalue weighted by Gasteiger charge is 2.32. The molecule has 4 rings (SSSR count). The molecule has 37 heavy (non-hydrogen) atoms. The molecule has 2 amide bonds. The summed E-state index contributed by atoms with van der Waals surface area (Å²) < 4.78 is 20.6. The predicted molar refractivity (Wildman–Crippen MR) is 146 cm³/mol. The van der Waals surface area contributed by atoms with Crippen molar-refractivity contribution in [2.45, 2.75) is 57.2 Å². The number of amides is 2. The van der Waals surface area contributed by atoms with Crippen LogP contribution in [0.1, 0.15) is 43.2 Å². The second-order valence-electron chi connectivity index (χ2n) is 9.42. The van der Waals surface area contributed by atoms with E-state index in [1.807, 2.05) is 54.6 Å². The van der Waals surface area contributed by atoms with Gasteiger partial charge in [0.05, 0.1) is 0 Å². The summed E-state index contributed by atoms with van der Waals surface area (Å²) in [5.74, 6) is -1.09. The Morgan fingerprint density at radius 3 is 2.30 bits per heavy atom. The van der Waals surface area contributed by atoms with E-state index in [1.54, 1.807) is 17.0 Å². The summed E-state index contributed by atoms with van der Waals surface area (Å²) in [4.78, 5) is 28.9. The van der Waals surface area contributed by atoms with E-state index in [9.17, 15) is 14.0 Å². The lowest BCUT2D eigenvalue weighted by Crippen LogP contribution is -2.53. The van der Waals surface area contributed by atoms with Crippen LogP contribution in [0, 0.1) is 5.82 Å². The molecule has 1 aliphatic carbocycles. The van der Waals surface area contributed by atoms with E-state index in [-0.39, 0.29) is 36.8 Å². The number of halogens is 2. The summed E-state index contributed by atoms with van der Waals surface area (Å²) in [5.41, 5.74) is 1.83. The third kappa shape index (κ3) is 7.89. The van der Waals surface area contributed by atoms with Crippen molar-refractivity contribution in [3.63, 3.8) is 0 Å². The Morgan fingerprint density at radius 2 is 1.59 bits per heavy atom. The number of ether oxygens (including phenoxy) is 1. The van der Waals surface area contributed by atoms with Crippen LogP contribution in [-0.4, -0.2) is 35.4 Å². The zero-order valence-electron chi connectivity index (χ0n) is 20.7. The summed E-state index contributed by atoms with van der Waals surface area (Å²) in [5, 5.41) is 3.21. The molecule has 0 saturated heterocycles. The van der Waals surface area contributed by atoms with Gasteiger partial charge in [-0.05, 0) is 48.2 Å². The van der Waals surface area contributed by atoms with Crippen molar-refractivity contribution in [1.82, 2.24) is 10.2 Å². The number of nitrogens with one attached hydrogen (secondary N) is 1. The Morgan fingerprint density at radius 1 is 0.919 bits per heavy atom. The van der Waals surface area contributed by atoms with E-state index >= 15 is 0 Å². The van der Waals surface area contributed by atoms with Gasteiger partial charge in [0.1, 0.15) is 6.04 Å². The number of nitrogens with zero attached hydrogens (tertiary/aromatic N) is 1. The lowest BCUT2D eigenvalue weighted by atomic mass is 9.94. The molecule has 1 unspecified atom stereocenters. The second kappa shape index (κ2) is 13.4. The number of hydrogen-bond acceptors (Lipinski definition) is 3. The first kappa shape index (κ1) is 26.9. The molecule has 0 spiro atoms. The minimum absolute atomic E-state index is 0.00529. The first-order chi connectivity index (χ1) is 18.0. The number of para-hydroxylation sites is 1. The minimum Gasteiger partial charge on any atom is -0.481 e. The Balaban J connectivity index is 1.61. The standard InChI is InChI=1S/C30H32BrFN2O3/c31-24-17-15-23(16-18-24)20-34(29(35)21-37-28-14-8-7-13-26(28)32)27(19-22-9-3-1-4-10-22)30(36)33-25-11-5-2-6-12-25/h1,3-4,7-10,13-18,25,27H,2,5-6,11-12,19-21H2,(H,33,36). The van der Waals surface area contributed by atoms with Crippen LogP contribution in [0.5, 0.6) is 5.75 Å². The van der Waals surface area contributed by atoms with E-state index in [4.69, 9.17) is 4.74 Å². The lowest BCUT2D eigenvalue weighted by molar-refractivity contribution is -0.143. The molecule has 3 aromatic rings. The van der Waals surface area contributed by atoms with Gasteiger partial charge in [0.25, 0.3) is 5.91 Å². The topological polar surface area (TPSA) is 58.6 Å². The normalized spacial score (nSPS) is 14.5. The molecule has 1 N–H and O–H groups in total. The molecule has 5 nitrogen and oxygen atoms in total. The maximum atomic E-state index is 14.1. The maximum Gasteiger partial charge on any atom is 0.261 e. The fourth-order valence-electron chi connectivity index (χ4n) is 4.67. The number of carbonyl (C=O) groups is 2. The van der Waals surface area contributed by atoms with Gasteiger partial charge < -0.3 is 15.0 Å². The maximum absolute atomic E-state index is 14.1. The van der Waals surface area contributed by atoms with Crippen LogP contribution >= 0.6 is 15.9 Å². The molecule has 1 atom stereocenters. The van der Waals surface area contributed by atoms with Gasteiger partial charge in [-0.1, -0.05) is 89.8 Å².